The first kappa shape index (κ1) is 66.4. The average Bonchev–Trinajstić information content (AvgIpc) is 3.31. The quantitative estimate of drug-likeness (QED) is 0.0343. The largest absolute Gasteiger partial charge is 0.462 e. The second-order valence-electron chi connectivity index (χ2n) is 22.3. The Labute approximate surface area is 425 Å². The molecule has 6 heteroatoms. The number of carbonyl (C=O) groups excluding carboxylic acids is 3. The van der Waals surface area contributed by atoms with Crippen molar-refractivity contribution in [3.63, 3.8) is 0 Å². The van der Waals surface area contributed by atoms with Crippen molar-refractivity contribution in [2.75, 3.05) is 13.2 Å². The molecule has 0 heterocycles. The molecule has 0 aliphatic rings. The van der Waals surface area contributed by atoms with Gasteiger partial charge in [-0.3, -0.25) is 14.4 Å². The Balaban J connectivity index is 4.27. The molecule has 0 rings (SSSR count). The third kappa shape index (κ3) is 55.3. The molecule has 0 bridgehead atoms. The monoisotopic (exact) mass is 961 g/mol. The highest BCUT2D eigenvalue weighted by atomic mass is 16.6. The van der Waals surface area contributed by atoms with Crippen LogP contribution in [0, 0.1) is 11.8 Å². The zero-order chi connectivity index (χ0) is 49.6. The third-order valence-corrected chi connectivity index (χ3v) is 14.2. The molecule has 0 aliphatic heterocycles. The summed E-state index contributed by atoms with van der Waals surface area (Å²) in [6.07, 6.45) is 59.5. The Kier molecular flexibility index (Phi) is 53.5. The molecule has 1 atom stereocenters. The summed E-state index contributed by atoms with van der Waals surface area (Å²) in [5.41, 5.74) is 0. The van der Waals surface area contributed by atoms with Crippen LogP contribution in [0.4, 0.5) is 0 Å². The molecule has 0 unspecified atom stereocenters. The molecule has 0 N–H and O–H groups in total. The van der Waals surface area contributed by atoms with E-state index < -0.39 is 6.10 Å². The van der Waals surface area contributed by atoms with Crippen LogP contribution in [-0.4, -0.2) is 37.2 Å². The van der Waals surface area contributed by atoms with Crippen LogP contribution in [0.2, 0.25) is 0 Å². The fourth-order valence-electron chi connectivity index (χ4n) is 9.58. The van der Waals surface area contributed by atoms with Crippen LogP contribution in [0.25, 0.3) is 0 Å². The zero-order valence-electron chi connectivity index (χ0n) is 46.7. The van der Waals surface area contributed by atoms with Crippen LogP contribution in [0.5, 0.6) is 0 Å². The minimum atomic E-state index is -0.763. The number of esters is 3. The molecule has 0 radical (unpaired) electrons. The van der Waals surface area contributed by atoms with Crippen LogP contribution >= 0.6 is 0 Å². The summed E-state index contributed by atoms with van der Waals surface area (Å²) in [5, 5.41) is 0. The van der Waals surface area contributed by atoms with Crippen molar-refractivity contribution in [1.29, 1.82) is 0 Å². The predicted molar refractivity (Wildman–Crippen MR) is 293 cm³/mol. The first-order valence-corrected chi connectivity index (χ1v) is 30.7. The Morgan fingerprint density at radius 2 is 0.485 bits per heavy atom. The van der Waals surface area contributed by atoms with Crippen molar-refractivity contribution in [2.45, 2.75) is 355 Å². The Bertz CT molecular complexity index is 1040. The van der Waals surface area contributed by atoms with Crippen molar-refractivity contribution in [3.8, 4) is 0 Å². The van der Waals surface area contributed by atoms with Crippen LogP contribution in [0.3, 0.4) is 0 Å². The predicted octanol–water partition coefficient (Wildman–Crippen LogP) is 20.4. The molecular weight excluding hydrogens is 841 g/mol. The standard InChI is InChI=1S/C62H120O6/c1-6-7-8-9-10-11-12-20-27-32-37-42-47-52-60(63)66-55-59(56-67-61(64)53-48-43-38-33-28-23-19-15-17-22-26-31-36-41-46-51-58(4)5)68-62(65)54-49-44-39-34-29-24-18-14-13-16-21-25-30-35-40-45-50-57(2)3/h57-59H,6-56H2,1-5H3/t59-/m1/s1. The number of rotatable bonds is 56. The summed E-state index contributed by atoms with van der Waals surface area (Å²) in [6, 6.07) is 0. The Morgan fingerprint density at radius 3 is 0.721 bits per heavy atom. The van der Waals surface area contributed by atoms with Crippen molar-refractivity contribution >= 4 is 17.9 Å². The highest BCUT2D eigenvalue weighted by molar-refractivity contribution is 5.71. The molecule has 0 amide bonds. The Hall–Kier alpha value is -1.59. The van der Waals surface area contributed by atoms with Crippen LogP contribution in [0.15, 0.2) is 0 Å². The number of hydrogen-bond donors (Lipinski definition) is 0. The Morgan fingerprint density at radius 1 is 0.279 bits per heavy atom. The minimum absolute atomic E-state index is 0.0620. The van der Waals surface area contributed by atoms with Gasteiger partial charge < -0.3 is 14.2 Å². The lowest BCUT2D eigenvalue weighted by Crippen LogP contribution is -2.30. The molecule has 0 fully saturated rings. The van der Waals surface area contributed by atoms with Gasteiger partial charge in [-0.05, 0) is 31.1 Å². The maximum atomic E-state index is 12.9. The second kappa shape index (κ2) is 54.7. The van der Waals surface area contributed by atoms with E-state index in [1.54, 1.807) is 0 Å². The lowest BCUT2D eigenvalue weighted by Gasteiger charge is -2.18. The van der Waals surface area contributed by atoms with Crippen molar-refractivity contribution in [2.24, 2.45) is 11.8 Å². The van der Waals surface area contributed by atoms with Gasteiger partial charge in [-0.1, -0.05) is 311 Å². The molecule has 404 valence electrons. The SMILES string of the molecule is CCCCCCCCCCCCCCCC(=O)OC[C@H](COC(=O)CCCCCCCCCCCCCCCCCC(C)C)OC(=O)CCCCCCCCCCCCCCCCCCC(C)C. The summed E-state index contributed by atoms with van der Waals surface area (Å²) >= 11 is 0. The smallest absolute Gasteiger partial charge is 0.306 e. The van der Waals surface area contributed by atoms with Gasteiger partial charge in [0.15, 0.2) is 6.10 Å². The topological polar surface area (TPSA) is 78.9 Å². The first-order valence-electron chi connectivity index (χ1n) is 30.7. The van der Waals surface area contributed by atoms with E-state index in [4.69, 9.17) is 14.2 Å². The summed E-state index contributed by atoms with van der Waals surface area (Å²) in [7, 11) is 0. The summed E-state index contributed by atoms with van der Waals surface area (Å²) in [4.78, 5) is 38.2. The van der Waals surface area contributed by atoms with E-state index in [1.165, 1.54) is 238 Å². The van der Waals surface area contributed by atoms with Gasteiger partial charge in [0, 0.05) is 19.3 Å². The van der Waals surface area contributed by atoms with E-state index in [2.05, 4.69) is 34.6 Å². The zero-order valence-corrected chi connectivity index (χ0v) is 46.7. The maximum absolute atomic E-state index is 12.9. The summed E-state index contributed by atoms with van der Waals surface area (Å²) < 4.78 is 16.9. The van der Waals surface area contributed by atoms with Crippen LogP contribution in [0.1, 0.15) is 349 Å². The van der Waals surface area contributed by atoms with Crippen LogP contribution in [-0.2, 0) is 28.6 Å². The molecule has 0 aromatic heterocycles. The highest BCUT2D eigenvalue weighted by Crippen LogP contribution is 2.19. The fraction of sp³-hybridized carbons (Fsp3) is 0.952. The first-order chi connectivity index (χ1) is 33.2. The molecule has 0 aliphatic carbocycles. The molecule has 0 aromatic rings. The normalized spacial score (nSPS) is 12.0. The van der Waals surface area contributed by atoms with Crippen molar-refractivity contribution in [3.05, 3.63) is 0 Å². The average molecular weight is 962 g/mol. The lowest BCUT2D eigenvalue weighted by molar-refractivity contribution is -0.167. The molecule has 0 saturated heterocycles. The van der Waals surface area contributed by atoms with Gasteiger partial charge in [0.05, 0.1) is 0 Å². The third-order valence-electron chi connectivity index (χ3n) is 14.2. The molecule has 68 heavy (non-hydrogen) atoms. The van der Waals surface area contributed by atoms with Gasteiger partial charge in [0.25, 0.3) is 0 Å². The van der Waals surface area contributed by atoms with Gasteiger partial charge in [-0.15, -0.1) is 0 Å². The van der Waals surface area contributed by atoms with E-state index in [9.17, 15) is 14.4 Å². The summed E-state index contributed by atoms with van der Waals surface area (Å²) in [5.74, 6) is 0.867. The molecular formula is C62H120O6. The van der Waals surface area contributed by atoms with Gasteiger partial charge in [-0.2, -0.15) is 0 Å². The van der Waals surface area contributed by atoms with Crippen molar-refractivity contribution in [1.82, 2.24) is 0 Å². The van der Waals surface area contributed by atoms with E-state index in [-0.39, 0.29) is 31.1 Å². The van der Waals surface area contributed by atoms with Gasteiger partial charge in [0.2, 0.25) is 0 Å². The van der Waals surface area contributed by atoms with E-state index in [1.807, 2.05) is 0 Å². The number of carbonyl (C=O) groups is 3. The molecule has 0 saturated carbocycles. The van der Waals surface area contributed by atoms with Gasteiger partial charge in [0.1, 0.15) is 13.2 Å². The van der Waals surface area contributed by atoms with E-state index in [0.717, 1.165) is 69.6 Å². The van der Waals surface area contributed by atoms with E-state index >= 15 is 0 Å². The summed E-state index contributed by atoms with van der Waals surface area (Å²) in [6.45, 7) is 11.4. The lowest BCUT2D eigenvalue weighted by atomic mass is 10.0. The van der Waals surface area contributed by atoms with Crippen molar-refractivity contribution < 1.29 is 28.6 Å². The molecule has 0 spiro atoms. The number of unbranched alkanes of at least 4 members (excludes halogenated alkanes) is 41. The van der Waals surface area contributed by atoms with Gasteiger partial charge >= 0.3 is 17.9 Å². The molecule has 6 nitrogen and oxygen atoms in total. The second-order valence-corrected chi connectivity index (χ2v) is 22.3. The number of hydrogen-bond acceptors (Lipinski definition) is 6. The molecule has 0 aromatic carbocycles. The minimum Gasteiger partial charge on any atom is -0.462 e. The van der Waals surface area contributed by atoms with E-state index in [0.29, 0.717) is 19.3 Å². The fourth-order valence-corrected chi connectivity index (χ4v) is 9.58. The van der Waals surface area contributed by atoms with Crippen LogP contribution < -0.4 is 0 Å². The highest BCUT2D eigenvalue weighted by Gasteiger charge is 2.19. The maximum Gasteiger partial charge on any atom is 0.306 e. The van der Waals surface area contributed by atoms with Gasteiger partial charge in [-0.25, -0.2) is 0 Å². The number of ether oxygens (including phenoxy) is 3.